The Morgan fingerprint density at radius 3 is 2.65 bits per heavy atom. The second-order valence-corrected chi connectivity index (χ2v) is 7.35. The van der Waals surface area contributed by atoms with Gasteiger partial charge >= 0.3 is 0 Å². The quantitative estimate of drug-likeness (QED) is 0.879. The standard InChI is InChI=1S/C10H17N3O2S2/c1-6-4-3-5-8(6)13-10-12-7(2)9(16-10)17(11,14)15/h6,8H,3-5H2,1-2H3,(H,12,13)(H2,11,14,15). The first-order valence-electron chi connectivity index (χ1n) is 5.64. The number of thiazole rings is 1. The van der Waals surface area contributed by atoms with Crippen molar-refractivity contribution in [3.05, 3.63) is 5.69 Å². The molecule has 1 saturated carbocycles. The summed E-state index contributed by atoms with van der Waals surface area (Å²) < 4.78 is 22.7. The highest BCUT2D eigenvalue weighted by Crippen LogP contribution is 2.31. The van der Waals surface area contributed by atoms with Crippen molar-refractivity contribution in [2.24, 2.45) is 11.1 Å². The van der Waals surface area contributed by atoms with Crippen LogP contribution in [0, 0.1) is 12.8 Å². The van der Waals surface area contributed by atoms with Gasteiger partial charge in [-0.1, -0.05) is 24.7 Å². The van der Waals surface area contributed by atoms with Gasteiger partial charge in [0, 0.05) is 6.04 Å². The van der Waals surface area contributed by atoms with Crippen molar-refractivity contribution in [3.8, 4) is 0 Å². The van der Waals surface area contributed by atoms with E-state index in [2.05, 4.69) is 17.2 Å². The zero-order chi connectivity index (χ0) is 12.6. The van der Waals surface area contributed by atoms with E-state index in [9.17, 15) is 8.42 Å². The summed E-state index contributed by atoms with van der Waals surface area (Å²) >= 11 is 1.12. The fourth-order valence-electron chi connectivity index (χ4n) is 2.23. The second kappa shape index (κ2) is 4.55. The maximum absolute atomic E-state index is 11.3. The monoisotopic (exact) mass is 275 g/mol. The van der Waals surface area contributed by atoms with E-state index < -0.39 is 10.0 Å². The predicted octanol–water partition coefficient (Wildman–Crippen LogP) is 1.70. The Balaban J connectivity index is 2.18. The molecule has 5 nitrogen and oxygen atoms in total. The van der Waals surface area contributed by atoms with Crippen molar-refractivity contribution in [1.29, 1.82) is 0 Å². The summed E-state index contributed by atoms with van der Waals surface area (Å²) in [5.74, 6) is 0.608. The van der Waals surface area contributed by atoms with E-state index in [1.54, 1.807) is 6.92 Å². The number of nitrogens with two attached hydrogens (primary N) is 1. The van der Waals surface area contributed by atoms with Crippen LogP contribution in [0.25, 0.3) is 0 Å². The molecule has 0 saturated heterocycles. The van der Waals surface area contributed by atoms with E-state index in [1.165, 1.54) is 12.8 Å². The lowest BCUT2D eigenvalue weighted by Gasteiger charge is -2.15. The Bertz CT molecular complexity index is 510. The highest BCUT2D eigenvalue weighted by molar-refractivity contribution is 7.91. The average Bonchev–Trinajstić information content (AvgIpc) is 2.74. The number of anilines is 1. The predicted molar refractivity (Wildman–Crippen MR) is 68.6 cm³/mol. The minimum absolute atomic E-state index is 0.158. The summed E-state index contributed by atoms with van der Waals surface area (Å²) in [4.78, 5) is 4.22. The van der Waals surface area contributed by atoms with E-state index >= 15 is 0 Å². The molecule has 3 N–H and O–H groups in total. The molecule has 1 aliphatic rings. The minimum atomic E-state index is -3.64. The van der Waals surface area contributed by atoms with Crippen LogP contribution in [-0.4, -0.2) is 19.4 Å². The van der Waals surface area contributed by atoms with Crippen molar-refractivity contribution in [1.82, 2.24) is 4.98 Å². The third kappa shape index (κ3) is 2.78. The number of aromatic nitrogens is 1. The Hall–Kier alpha value is -0.660. The van der Waals surface area contributed by atoms with Gasteiger partial charge in [0.05, 0.1) is 5.69 Å². The molecule has 1 aromatic heterocycles. The number of primary sulfonamides is 1. The first-order chi connectivity index (χ1) is 7.88. The molecule has 1 heterocycles. The third-order valence-electron chi connectivity index (χ3n) is 3.18. The Kier molecular flexibility index (Phi) is 3.42. The number of hydrogen-bond acceptors (Lipinski definition) is 5. The molecule has 2 rings (SSSR count). The topological polar surface area (TPSA) is 85.1 Å². The van der Waals surface area contributed by atoms with E-state index in [4.69, 9.17) is 5.14 Å². The van der Waals surface area contributed by atoms with Crippen molar-refractivity contribution in [2.45, 2.75) is 43.4 Å². The maximum Gasteiger partial charge on any atom is 0.249 e. The van der Waals surface area contributed by atoms with Crippen LogP contribution in [-0.2, 0) is 10.0 Å². The van der Waals surface area contributed by atoms with Gasteiger partial charge in [-0.2, -0.15) is 0 Å². The van der Waals surface area contributed by atoms with E-state index in [0.29, 0.717) is 22.8 Å². The van der Waals surface area contributed by atoms with Crippen LogP contribution >= 0.6 is 11.3 Å². The Morgan fingerprint density at radius 1 is 1.47 bits per heavy atom. The van der Waals surface area contributed by atoms with Crippen LogP contribution in [0.4, 0.5) is 5.13 Å². The lowest BCUT2D eigenvalue weighted by atomic mass is 10.1. The van der Waals surface area contributed by atoms with Gasteiger partial charge in [0.15, 0.2) is 9.34 Å². The van der Waals surface area contributed by atoms with Crippen molar-refractivity contribution in [2.75, 3.05) is 5.32 Å². The van der Waals surface area contributed by atoms with Crippen LogP contribution in [0.1, 0.15) is 31.9 Å². The van der Waals surface area contributed by atoms with Gasteiger partial charge < -0.3 is 5.32 Å². The van der Waals surface area contributed by atoms with Crippen LogP contribution in [0.5, 0.6) is 0 Å². The number of sulfonamides is 1. The molecule has 17 heavy (non-hydrogen) atoms. The van der Waals surface area contributed by atoms with Crippen molar-refractivity contribution < 1.29 is 8.42 Å². The number of hydrogen-bond donors (Lipinski definition) is 2. The molecule has 1 aliphatic carbocycles. The largest absolute Gasteiger partial charge is 0.358 e. The van der Waals surface area contributed by atoms with Gasteiger partial charge in [0.25, 0.3) is 0 Å². The number of rotatable bonds is 3. The van der Waals surface area contributed by atoms with E-state index in [0.717, 1.165) is 17.8 Å². The third-order valence-corrected chi connectivity index (χ3v) is 5.83. The van der Waals surface area contributed by atoms with Crippen LogP contribution in [0.15, 0.2) is 4.21 Å². The molecule has 0 aromatic carbocycles. The van der Waals surface area contributed by atoms with E-state index in [1.807, 2.05) is 0 Å². The van der Waals surface area contributed by atoms with Crippen LogP contribution in [0.3, 0.4) is 0 Å². The number of aryl methyl sites for hydroxylation is 1. The van der Waals surface area contributed by atoms with Gasteiger partial charge in [-0.25, -0.2) is 18.5 Å². The summed E-state index contributed by atoms with van der Waals surface area (Å²) in [7, 11) is -3.64. The SMILES string of the molecule is Cc1nc(NC2CCCC2C)sc1S(N)(=O)=O. The Morgan fingerprint density at radius 2 is 2.18 bits per heavy atom. The van der Waals surface area contributed by atoms with Gasteiger partial charge in [-0.05, 0) is 25.7 Å². The lowest BCUT2D eigenvalue weighted by Crippen LogP contribution is -2.21. The fraction of sp³-hybridized carbons (Fsp3) is 0.700. The lowest BCUT2D eigenvalue weighted by molar-refractivity contribution is 0.556. The van der Waals surface area contributed by atoms with Gasteiger partial charge in [0.2, 0.25) is 10.0 Å². The van der Waals surface area contributed by atoms with Crippen LogP contribution in [0.2, 0.25) is 0 Å². The molecule has 2 atom stereocenters. The molecule has 96 valence electrons. The summed E-state index contributed by atoms with van der Waals surface area (Å²) in [6, 6.07) is 0.397. The van der Waals surface area contributed by atoms with Crippen molar-refractivity contribution >= 4 is 26.5 Å². The smallest absolute Gasteiger partial charge is 0.249 e. The summed E-state index contributed by atoms with van der Waals surface area (Å²) in [5, 5.41) is 9.09. The fourth-order valence-corrected chi connectivity index (χ4v) is 4.15. The second-order valence-electron chi connectivity index (χ2n) is 4.60. The molecular formula is C10H17N3O2S2. The van der Waals surface area contributed by atoms with Crippen LogP contribution < -0.4 is 10.5 Å². The molecule has 7 heteroatoms. The number of nitrogens with one attached hydrogen (secondary N) is 1. The molecule has 0 bridgehead atoms. The molecule has 1 fully saturated rings. The highest BCUT2D eigenvalue weighted by Gasteiger charge is 2.25. The maximum atomic E-state index is 11.3. The van der Waals surface area contributed by atoms with Gasteiger partial charge in [0.1, 0.15) is 0 Å². The molecule has 1 aromatic rings. The molecule has 0 aliphatic heterocycles. The Labute approximate surface area is 105 Å². The zero-order valence-corrected chi connectivity index (χ0v) is 11.6. The van der Waals surface area contributed by atoms with Crippen molar-refractivity contribution in [3.63, 3.8) is 0 Å². The minimum Gasteiger partial charge on any atom is -0.358 e. The first-order valence-corrected chi connectivity index (χ1v) is 8.01. The summed E-state index contributed by atoms with van der Waals surface area (Å²) in [6.07, 6.45) is 3.54. The molecule has 0 radical (unpaired) electrons. The number of nitrogens with zero attached hydrogens (tertiary/aromatic N) is 1. The summed E-state index contributed by atoms with van der Waals surface area (Å²) in [5.41, 5.74) is 0.477. The first kappa shape index (κ1) is 12.8. The normalized spacial score (nSPS) is 25.1. The molecule has 0 spiro atoms. The average molecular weight is 275 g/mol. The molecule has 2 unspecified atom stereocenters. The molecule has 0 amide bonds. The zero-order valence-electron chi connectivity index (χ0n) is 9.93. The van der Waals surface area contributed by atoms with Gasteiger partial charge in [-0.3, -0.25) is 0 Å². The molecular weight excluding hydrogens is 258 g/mol. The highest BCUT2D eigenvalue weighted by atomic mass is 32.2. The van der Waals surface area contributed by atoms with E-state index in [-0.39, 0.29) is 4.21 Å². The van der Waals surface area contributed by atoms with Gasteiger partial charge in [-0.15, -0.1) is 0 Å². The summed E-state index contributed by atoms with van der Waals surface area (Å²) in [6.45, 7) is 3.87.